The van der Waals surface area contributed by atoms with Crippen molar-refractivity contribution >= 4 is 32.3 Å². The molecule has 8 aromatic carbocycles. The molecule has 10 rings (SSSR count). The molecule has 0 fully saturated rings. The zero-order valence-electron chi connectivity index (χ0n) is 28.6. The largest absolute Gasteiger partial charge is 0.228 e. The first kappa shape index (κ1) is 29.5. The molecule has 2 heteroatoms. The Morgan fingerprint density at radius 3 is 1.82 bits per heavy atom. The van der Waals surface area contributed by atoms with E-state index in [9.17, 15) is 0 Å². The van der Waals surface area contributed by atoms with Gasteiger partial charge < -0.3 is 0 Å². The van der Waals surface area contributed by atoms with Crippen molar-refractivity contribution in [2.75, 3.05) is 0 Å². The lowest BCUT2D eigenvalue weighted by molar-refractivity contribution is 0.660. The van der Waals surface area contributed by atoms with E-state index in [2.05, 4.69) is 166 Å². The lowest BCUT2D eigenvalue weighted by Crippen LogP contribution is -2.14. The summed E-state index contributed by atoms with van der Waals surface area (Å²) in [4.78, 5) is 10.3. The fourth-order valence-corrected chi connectivity index (χ4v) is 8.28. The van der Waals surface area contributed by atoms with Gasteiger partial charge in [-0.05, 0) is 83.9 Å². The van der Waals surface area contributed by atoms with Crippen LogP contribution in [0.2, 0.25) is 0 Å². The van der Waals surface area contributed by atoms with Crippen LogP contribution in [0.25, 0.3) is 88.5 Å². The lowest BCUT2D eigenvalue weighted by atomic mass is 9.82. The molecule has 240 valence electrons. The summed E-state index contributed by atoms with van der Waals surface area (Å²) in [6.45, 7) is 4.64. The van der Waals surface area contributed by atoms with Crippen LogP contribution >= 0.6 is 0 Å². The smallest absolute Gasteiger partial charge is 0.160 e. The molecule has 0 saturated heterocycles. The van der Waals surface area contributed by atoms with Crippen LogP contribution in [0.5, 0.6) is 0 Å². The van der Waals surface area contributed by atoms with Crippen molar-refractivity contribution in [3.63, 3.8) is 0 Å². The Morgan fingerprint density at radius 1 is 0.373 bits per heavy atom. The summed E-state index contributed by atoms with van der Waals surface area (Å²) in [6, 6.07) is 61.3. The average Bonchev–Trinajstić information content (AvgIpc) is 3.42. The van der Waals surface area contributed by atoms with E-state index in [1.54, 1.807) is 0 Å². The Morgan fingerprint density at radius 2 is 1.00 bits per heavy atom. The molecule has 0 radical (unpaired) electrons. The summed E-state index contributed by atoms with van der Waals surface area (Å²) in [5.41, 5.74) is 12.7. The molecule has 0 saturated carbocycles. The first-order valence-electron chi connectivity index (χ1n) is 17.7. The van der Waals surface area contributed by atoms with E-state index < -0.39 is 0 Å². The van der Waals surface area contributed by atoms with Gasteiger partial charge in [-0.25, -0.2) is 9.97 Å². The fraction of sp³-hybridized carbons (Fsp3) is 0.0612. The van der Waals surface area contributed by atoms with Crippen molar-refractivity contribution in [3.8, 4) is 56.2 Å². The van der Waals surface area contributed by atoms with Gasteiger partial charge in [-0.1, -0.05) is 166 Å². The molecule has 0 amide bonds. The summed E-state index contributed by atoms with van der Waals surface area (Å²) in [5.74, 6) is 0.723. The fourth-order valence-electron chi connectivity index (χ4n) is 8.28. The Kier molecular flexibility index (Phi) is 6.56. The molecule has 0 bridgehead atoms. The third-order valence-corrected chi connectivity index (χ3v) is 10.9. The maximum atomic E-state index is 5.16. The highest BCUT2D eigenvalue weighted by Crippen LogP contribution is 2.49. The van der Waals surface area contributed by atoms with Gasteiger partial charge in [0.05, 0.1) is 11.4 Å². The molecule has 51 heavy (non-hydrogen) atoms. The maximum Gasteiger partial charge on any atom is 0.160 e. The molecule has 0 atom stereocenters. The van der Waals surface area contributed by atoms with E-state index in [0.29, 0.717) is 0 Å². The quantitative estimate of drug-likeness (QED) is 0.140. The molecule has 9 aromatic rings. The maximum absolute atomic E-state index is 5.16. The highest BCUT2D eigenvalue weighted by Gasteiger charge is 2.35. The number of hydrogen-bond donors (Lipinski definition) is 0. The van der Waals surface area contributed by atoms with E-state index >= 15 is 0 Å². The van der Waals surface area contributed by atoms with Crippen molar-refractivity contribution in [3.05, 3.63) is 181 Å². The summed E-state index contributed by atoms with van der Waals surface area (Å²) in [5, 5.41) is 7.57. The van der Waals surface area contributed by atoms with Crippen LogP contribution in [-0.4, -0.2) is 9.97 Å². The predicted octanol–water partition coefficient (Wildman–Crippen LogP) is 12.9. The van der Waals surface area contributed by atoms with Gasteiger partial charge in [0.1, 0.15) is 0 Å². The van der Waals surface area contributed by atoms with Crippen molar-refractivity contribution in [2.24, 2.45) is 0 Å². The molecule has 0 unspecified atom stereocenters. The van der Waals surface area contributed by atoms with Crippen LogP contribution in [0, 0.1) is 0 Å². The number of aromatic nitrogens is 2. The van der Waals surface area contributed by atoms with Gasteiger partial charge in [-0.15, -0.1) is 0 Å². The molecular weight excluding hydrogens is 617 g/mol. The van der Waals surface area contributed by atoms with Crippen molar-refractivity contribution in [2.45, 2.75) is 19.3 Å². The molecule has 0 spiro atoms. The van der Waals surface area contributed by atoms with Gasteiger partial charge in [0.25, 0.3) is 0 Å². The van der Waals surface area contributed by atoms with Crippen LogP contribution < -0.4 is 0 Å². The van der Waals surface area contributed by atoms with Crippen LogP contribution in [-0.2, 0) is 5.41 Å². The molecule has 1 aliphatic rings. The van der Waals surface area contributed by atoms with Crippen LogP contribution in [0.4, 0.5) is 0 Å². The molecule has 1 heterocycles. The number of nitrogens with zero attached hydrogens (tertiary/aromatic N) is 2. The van der Waals surface area contributed by atoms with Gasteiger partial charge in [0.15, 0.2) is 5.82 Å². The lowest BCUT2D eigenvalue weighted by Gasteiger charge is -2.21. The first-order valence-corrected chi connectivity index (χ1v) is 17.7. The van der Waals surface area contributed by atoms with Crippen LogP contribution in [0.1, 0.15) is 25.0 Å². The minimum Gasteiger partial charge on any atom is -0.228 e. The number of hydrogen-bond acceptors (Lipinski definition) is 2. The van der Waals surface area contributed by atoms with Gasteiger partial charge >= 0.3 is 0 Å². The summed E-state index contributed by atoms with van der Waals surface area (Å²) >= 11 is 0. The number of benzene rings is 8. The molecule has 2 nitrogen and oxygen atoms in total. The van der Waals surface area contributed by atoms with E-state index in [4.69, 9.17) is 9.97 Å². The van der Waals surface area contributed by atoms with Gasteiger partial charge in [-0.2, -0.15) is 0 Å². The van der Waals surface area contributed by atoms with Gasteiger partial charge in [0, 0.05) is 22.1 Å². The van der Waals surface area contributed by atoms with Crippen LogP contribution in [0.15, 0.2) is 170 Å². The standard InChI is InChI=1S/C49H34N2/c1-49(2)43-19-11-10-18-39(43)42-29-36(25-27-44(42)49)46-30-45(50-48(51-46)34-13-4-3-5-14-34)32-20-22-33(23-21-32)47-38-17-9-7-15-35(38)28-41-37-16-8-6-12-31(37)24-26-40(41)47/h3-30H,1-2H3. The Labute approximate surface area is 297 Å². The van der Waals surface area contributed by atoms with E-state index in [-0.39, 0.29) is 5.41 Å². The van der Waals surface area contributed by atoms with Crippen molar-refractivity contribution < 1.29 is 0 Å². The van der Waals surface area contributed by atoms with E-state index in [1.165, 1.54) is 65.7 Å². The summed E-state index contributed by atoms with van der Waals surface area (Å²) in [7, 11) is 0. The van der Waals surface area contributed by atoms with Crippen molar-refractivity contribution in [1.82, 2.24) is 9.97 Å². The average molecular weight is 651 g/mol. The highest BCUT2D eigenvalue weighted by atomic mass is 14.9. The predicted molar refractivity (Wildman–Crippen MR) is 214 cm³/mol. The molecule has 0 aliphatic heterocycles. The zero-order valence-corrected chi connectivity index (χ0v) is 28.6. The van der Waals surface area contributed by atoms with Crippen molar-refractivity contribution in [1.29, 1.82) is 0 Å². The van der Waals surface area contributed by atoms with Crippen LogP contribution in [0.3, 0.4) is 0 Å². The first-order chi connectivity index (χ1) is 25.0. The Balaban J connectivity index is 1.12. The van der Waals surface area contributed by atoms with E-state index in [0.717, 1.165) is 33.9 Å². The second-order valence-electron chi connectivity index (χ2n) is 14.2. The minimum atomic E-state index is -0.0409. The Hall–Kier alpha value is -6.38. The SMILES string of the molecule is CC1(C)c2ccccc2-c2cc(-c3cc(-c4ccc(-c5c6ccccc6cc6c5ccc5ccccc56)cc4)nc(-c4ccccc4)n3)ccc21. The third-order valence-electron chi connectivity index (χ3n) is 10.9. The highest BCUT2D eigenvalue weighted by molar-refractivity contribution is 6.20. The topological polar surface area (TPSA) is 25.8 Å². The number of rotatable bonds is 4. The van der Waals surface area contributed by atoms with Gasteiger partial charge in [-0.3, -0.25) is 0 Å². The molecule has 0 N–H and O–H groups in total. The molecule has 1 aromatic heterocycles. The Bertz CT molecular complexity index is 2810. The second-order valence-corrected chi connectivity index (χ2v) is 14.2. The summed E-state index contributed by atoms with van der Waals surface area (Å²) in [6.07, 6.45) is 0. The third kappa shape index (κ3) is 4.71. The van der Waals surface area contributed by atoms with E-state index in [1.807, 2.05) is 18.2 Å². The summed E-state index contributed by atoms with van der Waals surface area (Å²) < 4.78 is 0. The monoisotopic (exact) mass is 650 g/mol. The van der Waals surface area contributed by atoms with Gasteiger partial charge in [0.2, 0.25) is 0 Å². The second kappa shape index (κ2) is 11.3. The number of fused-ring (bicyclic) bond motifs is 7. The normalized spacial score (nSPS) is 13.1. The molecular formula is C49H34N2. The minimum absolute atomic E-state index is 0.0409. The zero-order chi connectivity index (χ0) is 34.1. The molecule has 1 aliphatic carbocycles.